The van der Waals surface area contributed by atoms with Crippen molar-refractivity contribution in [3.8, 4) is 5.75 Å². The van der Waals surface area contributed by atoms with E-state index >= 15 is 0 Å². The van der Waals surface area contributed by atoms with Gasteiger partial charge in [-0.2, -0.15) is 0 Å². The Morgan fingerprint density at radius 1 is 1.23 bits per heavy atom. The number of amides is 2. The van der Waals surface area contributed by atoms with Crippen molar-refractivity contribution in [1.29, 1.82) is 0 Å². The average Bonchev–Trinajstić information content (AvgIpc) is 2.85. The van der Waals surface area contributed by atoms with Crippen LogP contribution in [0.1, 0.15) is 12.5 Å². The molecular weight excluding hydrogens is 589 g/mol. The number of ether oxygens (including phenoxy) is 2. The van der Waals surface area contributed by atoms with Crippen LogP contribution in [0.25, 0.3) is 0 Å². The number of nitro benzene ring substituents is 1. The highest BCUT2D eigenvalue weighted by Gasteiger charge is 2.61. The Hall–Kier alpha value is -2.87. The predicted molar refractivity (Wildman–Crippen MR) is 136 cm³/mol. The number of carbonyl (C=O) groups excluding carboxylic acids is 3. The van der Waals surface area contributed by atoms with Crippen LogP contribution in [-0.4, -0.2) is 60.8 Å². The summed E-state index contributed by atoms with van der Waals surface area (Å²) < 4.78 is 10.3. The molecule has 0 radical (unpaired) electrons. The van der Waals surface area contributed by atoms with Crippen LogP contribution in [0, 0.1) is 10.1 Å². The number of nitrogens with zero attached hydrogens (tertiary/aromatic N) is 2. The Bertz CT molecular complexity index is 1130. The van der Waals surface area contributed by atoms with Gasteiger partial charge in [-0.3, -0.25) is 19.7 Å². The van der Waals surface area contributed by atoms with E-state index in [0.29, 0.717) is 17.1 Å². The zero-order chi connectivity index (χ0) is 25.2. The molecule has 4 rings (SSSR count). The Morgan fingerprint density at radius 2 is 1.91 bits per heavy atom. The fourth-order valence-electron chi connectivity index (χ4n) is 3.87. The topological polar surface area (TPSA) is 128 Å². The number of fused-ring (bicyclic) bond motifs is 1. The molecule has 2 aromatic carbocycles. The molecule has 184 valence electrons. The van der Waals surface area contributed by atoms with Crippen LogP contribution in [0.15, 0.2) is 54.6 Å². The molecule has 2 aromatic rings. The summed E-state index contributed by atoms with van der Waals surface area (Å²) in [6, 6.07) is 13.0. The van der Waals surface area contributed by atoms with E-state index in [9.17, 15) is 24.5 Å². The lowest BCUT2D eigenvalue weighted by atomic mass is 9.94. The number of hydrogen-bond acceptors (Lipinski definition) is 8. The molecule has 1 N–H and O–H groups in total. The van der Waals surface area contributed by atoms with Crippen molar-refractivity contribution in [3.63, 3.8) is 0 Å². The number of hydrogen-bond donors (Lipinski definition) is 1. The lowest BCUT2D eigenvalue weighted by Crippen LogP contribution is -2.78. The van der Waals surface area contributed by atoms with Crippen molar-refractivity contribution in [1.82, 2.24) is 10.2 Å². The van der Waals surface area contributed by atoms with Gasteiger partial charge in [0.1, 0.15) is 29.8 Å². The summed E-state index contributed by atoms with van der Waals surface area (Å²) in [7, 11) is 0. The molecule has 0 spiro atoms. The highest BCUT2D eigenvalue weighted by molar-refractivity contribution is 14.1. The Balaban J connectivity index is 1.36. The molecule has 0 aliphatic carbocycles. The monoisotopic (exact) mass is 611 g/mol. The summed E-state index contributed by atoms with van der Waals surface area (Å²) in [6.07, 6.45) is 0. The van der Waals surface area contributed by atoms with Crippen molar-refractivity contribution >= 4 is 57.8 Å². The Labute approximate surface area is 219 Å². The van der Waals surface area contributed by atoms with Gasteiger partial charge in [-0.25, -0.2) is 4.79 Å². The first kappa shape index (κ1) is 25.2. The third-order valence-corrected chi connectivity index (χ3v) is 8.74. The van der Waals surface area contributed by atoms with Crippen molar-refractivity contribution in [2.75, 3.05) is 12.4 Å². The number of nitro groups is 1. The van der Waals surface area contributed by atoms with Crippen LogP contribution in [0.5, 0.6) is 5.75 Å². The zero-order valence-corrected chi connectivity index (χ0v) is 21.6. The van der Waals surface area contributed by atoms with Gasteiger partial charge in [0.05, 0.1) is 8.35 Å². The normalized spacial score (nSPS) is 25.1. The number of halogens is 1. The van der Waals surface area contributed by atoms with Crippen LogP contribution in [0.3, 0.4) is 0 Å². The molecule has 4 atom stereocenters. The molecule has 10 nitrogen and oxygen atoms in total. The van der Waals surface area contributed by atoms with E-state index < -0.39 is 32.3 Å². The molecule has 12 heteroatoms. The van der Waals surface area contributed by atoms with E-state index in [1.807, 2.05) is 13.0 Å². The zero-order valence-electron chi connectivity index (χ0n) is 18.6. The maximum absolute atomic E-state index is 13.0. The van der Waals surface area contributed by atoms with Gasteiger partial charge in [0.2, 0.25) is 5.91 Å². The van der Waals surface area contributed by atoms with Crippen LogP contribution in [0.4, 0.5) is 5.69 Å². The fraction of sp³-hybridized carbons (Fsp3) is 0.348. The van der Waals surface area contributed by atoms with E-state index in [0.717, 1.165) is 0 Å². The van der Waals surface area contributed by atoms with Crippen molar-refractivity contribution in [3.05, 3.63) is 70.3 Å². The SMILES string of the molecule is C[C@@]1(I)CS[C@@H]2[C@H](NC(=O)COc3ccccc3)C(=O)N2[C@H]1C(=O)OCc1ccc([N+](=O)[O-])cc1. The summed E-state index contributed by atoms with van der Waals surface area (Å²) in [5, 5.41) is 13.1. The Morgan fingerprint density at radius 3 is 2.57 bits per heavy atom. The van der Waals surface area contributed by atoms with Crippen molar-refractivity contribution in [2.45, 2.75) is 34.4 Å². The van der Waals surface area contributed by atoms with Gasteiger partial charge in [-0.15, -0.1) is 11.8 Å². The minimum absolute atomic E-state index is 0.0551. The molecule has 2 aliphatic heterocycles. The highest BCUT2D eigenvalue weighted by Crippen LogP contribution is 2.46. The van der Waals surface area contributed by atoms with Gasteiger partial charge < -0.3 is 19.7 Å². The van der Waals surface area contributed by atoms with Crippen LogP contribution < -0.4 is 10.1 Å². The lowest BCUT2D eigenvalue weighted by Gasteiger charge is -2.56. The molecule has 2 aliphatic rings. The number of para-hydroxylation sites is 1. The van der Waals surface area contributed by atoms with Crippen molar-refractivity contribution in [2.24, 2.45) is 0 Å². The van der Waals surface area contributed by atoms with E-state index in [2.05, 4.69) is 27.9 Å². The number of benzene rings is 2. The third kappa shape index (κ3) is 5.53. The highest BCUT2D eigenvalue weighted by atomic mass is 127. The van der Waals surface area contributed by atoms with Gasteiger partial charge in [-0.1, -0.05) is 40.8 Å². The molecule has 2 fully saturated rings. The molecule has 0 aromatic heterocycles. The van der Waals surface area contributed by atoms with Gasteiger partial charge in [-0.05, 0) is 36.8 Å². The van der Waals surface area contributed by atoms with Crippen LogP contribution >= 0.6 is 34.4 Å². The predicted octanol–water partition coefficient (Wildman–Crippen LogP) is 2.68. The minimum atomic E-state index is -0.825. The Kier molecular flexibility index (Phi) is 7.50. The summed E-state index contributed by atoms with van der Waals surface area (Å²) >= 11 is 3.66. The number of esters is 1. The number of thioether (sulfide) groups is 1. The number of rotatable bonds is 8. The van der Waals surface area contributed by atoms with E-state index in [1.165, 1.54) is 40.9 Å². The van der Waals surface area contributed by atoms with E-state index in [4.69, 9.17) is 9.47 Å². The average molecular weight is 611 g/mol. The number of β-lactam (4-membered cyclic amide) rings is 1. The maximum atomic E-state index is 13.0. The second-order valence-corrected chi connectivity index (χ2v) is 11.9. The summed E-state index contributed by atoms with van der Waals surface area (Å²) in [5.41, 5.74) is 0.542. The van der Waals surface area contributed by atoms with Gasteiger partial charge in [0.25, 0.3) is 11.6 Å². The maximum Gasteiger partial charge on any atom is 0.330 e. The first-order chi connectivity index (χ1) is 16.7. The second-order valence-electron chi connectivity index (χ2n) is 8.31. The molecule has 0 bridgehead atoms. The van der Waals surface area contributed by atoms with E-state index in [-0.39, 0.29) is 30.2 Å². The molecule has 0 unspecified atom stereocenters. The lowest BCUT2D eigenvalue weighted by molar-refractivity contribution is -0.384. The minimum Gasteiger partial charge on any atom is -0.484 e. The van der Waals surface area contributed by atoms with Gasteiger partial charge >= 0.3 is 5.97 Å². The summed E-state index contributed by atoms with van der Waals surface area (Å²) in [4.78, 5) is 50.1. The van der Waals surface area contributed by atoms with E-state index in [1.54, 1.807) is 24.3 Å². The number of nitrogens with one attached hydrogen (secondary N) is 1. The summed E-state index contributed by atoms with van der Waals surface area (Å²) in [5.74, 6) is -0.210. The first-order valence-corrected chi connectivity index (χ1v) is 12.8. The fourth-order valence-corrected chi connectivity index (χ4v) is 6.39. The van der Waals surface area contributed by atoms with Crippen molar-refractivity contribution < 1.29 is 28.8 Å². The van der Waals surface area contributed by atoms with Crippen LogP contribution in [-0.2, 0) is 25.7 Å². The van der Waals surface area contributed by atoms with Gasteiger partial charge in [0.15, 0.2) is 6.61 Å². The van der Waals surface area contributed by atoms with Gasteiger partial charge in [0, 0.05) is 17.9 Å². The number of carbonyl (C=O) groups is 3. The molecule has 0 saturated carbocycles. The number of non-ortho nitro benzene ring substituents is 1. The first-order valence-electron chi connectivity index (χ1n) is 10.7. The molecule has 2 saturated heterocycles. The molecule has 2 heterocycles. The molecule has 35 heavy (non-hydrogen) atoms. The third-order valence-electron chi connectivity index (χ3n) is 5.65. The standard InChI is InChI=1S/C23H22IN3O7S/c1-23(24)13-35-21-18(25-17(28)12-33-16-5-3-2-4-6-16)20(29)26(21)19(23)22(30)34-11-14-7-9-15(10-8-14)27(31)32/h2-10,18-19,21H,11-13H2,1H3,(H,25,28)/t18-,19+,21-,23-/m1/s1. The quantitative estimate of drug-likeness (QED) is 0.121. The van der Waals surface area contributed by atoms with Crippen LogP contribution in [0.2, 0.25) is 0 Å². The summed E-state index contributed by atoms with van der Waals surface area (Å²) in [6.45, 7) is 1.58. The molecule has 2 amide bonds. The largest absolute Gasteiger partial charge is 0.484 e. The number of alkyl halides is 1. The molecular formula is C23H22IN3O7S. The second kappa shape index (κ2) is 10.4. The smallest absolute Gasteiger partial charge is 0.330 e.